The number of hydrogen-bond acceptors (Lipinski definition) is 9. The Morgan fingerprint density at radius 2 is 1.88 bits per heavy atom. The Bertz CT molecular complexity index is 1610. The van der Waals surface area contributed by atoms with Gasteiger partial charge in [-0.05, 0) is 42.0 Å². The van der Waals surface area contributed by atoms with Crippen LogP contribution in [0.15, 0.2) is 76.7 Å². The molecular weight excluding hydrogens is 546 g/mol. The van der Waals surface area contributed by atoms with E-state index in [1.807, 2.05) is 36.4 Å². The number of benzene rings is 3. The van der Waals surface area contributed by atoms with Crippen LogP contribution < -0.4 is 24.8 Å². The quantitative estimate of drug-likeness (QED) is 0.420. The maximum absolute atomic E-state index is 13.1. The number of carbonyl (C=O) groups is 3. The second kappa shape index (κ2) is 11.3. The minimum atomic E-state index is -0.886. The van der Waals surface area contributed by atoms with Gasteiger partial charge in [0, 0.05) is 23.9 Å². The number of nitrogens with zero attached hydrogens (tertiary/aromatic N) is 3. The van der Waals surface area contributed by atoms with Gasteiger partial charge in [-0.15, -0.1) is 0 Å². The molecule has 0 aliphatic carbocycles. The number of amidine groups is 2. The molecule has 0 saturated carbocycles. The summed E-state index contributed by atoms with van der Waals surface area (Å²) in [5, 5.41) is 6.13. The summed E-state index contributed by atoms with van der Waals surface area (Å²) in [5.41, 5.74) is 2.76. The number of fused-ring (bicyclic) bond motifs is 4. The number of para-hydroxylation sites is 1. The normalized spacial score (nSPS) is 16.4. The molecule has 3 aromatic carbocycles. The first-order valence-electron chi connectivity index (χ1n) is 12.8. The Labute approximate surface area is 239 Å². The van der Waals surface area contributed by atoms with Crippen molar-refractivity contribution in [2.45, 2.75) is 19.0 Å². The van der Waals surface area contributed by atoms with Gasteiger partial charge in [0.15, 0.2) is 16.7 Å². The Kier molecular flexibility index (Phi) is 7.30. The van der Waals surface area contributed by atoms with E-state index in [1.54, 1.807) is 42.3 Å². The number of carbonyl (C=O) groups excluding carboxylic acids is 3. The molecule has 12 heteroatoms. The van der Waals surface area contributed by atoms with E-state index in [0.717, 1.165) is 5.56 Å². The fourth-order valence-electron chi connectivity index (χ4n) is 4.63. The lowest BCUT2D eigenvalue weighted by molar-refractivity contribution is -0.126. The van der Waals surface area contributed by atoms with Crippen LogP contribution in [0.3, 0.4) is 0 Å². The van der Waals surface area contributed by atoms with Crippen molar-refractivity contribution in [3.8, 4) is 17.2 Å². The van der Waals surface area contributed by atoms with E-state index in [4.69, 9.17) is 19.2 Å². The summed E-state index contributed by atoms with van der Waals surface area (Å²) in [7, 11) is 1.56. The zero-order valence-corrected chi connectivity index (χ0v) is 22.8. The molecule has 1 atom stereocenters. The minimum Gasteiger partial charge on any atom is -0.497 e. The standard InChI is InChI=1S/C29H25N5O6S/c1-38-19-6-4-5-18(12-19)31-26(36)15-41-29-32-21-8-3-2-7-20(21)27-33-28(37)22(34(27)29)13-25(35)30-14-17-9-10-23-24(11-17)40-16-39-23/h2-12,22H,13-16H2,1H3,(H,30,35)(H,31,36). The second-order valence-corrected chi connectivity index (χ2v) is 10.3. The van der Waals surface area contributed by atoms with Crippen molar-refractivity contribution in [2.75, 3.05) is 25.0 Å². The number of rotatable bonds is 8. The molecule has 2 N–H and O–H groups in total. The second-order valence-electron chi connectivity index (χ2n) is 9.31. The van der Waals surface area contributed by atoms with Crippen LogP contribution in [0.5, 0.6) is 17.2 Å². The monoisotopic (exact) mass is 571 g/mol. The number of methoxy groups -OCH3 is 1. The first-order valence-corrected chi connectivity index (χ1v) is 13.8. The van der Waals surface area contributed by atoms with Crippen LogP contribution in [0.2, 0.25) is 0 Å². The summed E-state index contributed by atoms with van der Waals surface area (Å²) in [6.07, 6.45) is -0.131. The third kappa shape index (κ3) is 5.59. The van der Waals surface area contributed by atoms with Gasteiger partial charge in [-0.1, -0.05) is 36.0 Å². The van der Waals surface area contributed by atoms with E-state index < -0.39 is 11.9 Å². The zero-order valence-electron chi connectivity index (χ0n) is 22.0. The van der Waals surface area contributed by atoms with Gasteiger partial charge < -0.3 is 24.8 Å². The fourth-order valence-corrected chi connectivity index (χ4v) is 5.48. The Morgan fingerprint density at radius 3 is 2.76 bits per heavy atom. The highest BCUT2D eigenvalue weighted by molar-refractivity contribution is 8.14. The van der Waals surface area contributed by atoms with Gasteiger partial charge in [-0.2, -0.15) is 4.99 Å². The van der Waals surface area contributed by atoms with Crippen LogP contribution in [-0.2, 0) is 20.9 Å². The van der Waals surface area contributed by atoms with Gasteiger partial charge in [0.1, 0.15) is 17.6 Å². The van der Waals surface area contributed by atoms with Crippen molar-refractivity contribution in [1.82, 2.24) is 10.2 Å². The van der Waals surface area contributed by atoms with Crippen molar-refractivity contribution in [3.05, 3.63) is 77.9 Å². The van der Waals surface area contributed by atoms with Crippen LogP contribution in [0.25, 0.3) is 0 Å². The first-order chi connectivity index (χ1) is 20.0. The lowest BCUT2D eigenvalue weighted by Crippen LogP contribution is -2.46. The molecule has 3 amide bonds. The molecule has 0 fully saturated rings. The lowest BCUT2D eigenvalue weighted by atomic mass is 10.1. The van der Waals surface area contributed by atoms with E-state index >= 15 is 0 Å². The van der Waals surface area contributed by atoms with Crippen molar-refractivity contribution < 1.29 is 28.6 Å². The van der Waals surface area contributed by atoms with Crippen LogP contribution >= 0.6 is 11.8 Å². The number of amides is 3. The van der Waals surface area contributed by atoms with E-state index in [2.05, 4.69) is 15.6 Å². The smallest absolute Gasteiger partial charge is 0.271 e. The number of aliphatic imine (C=N–C) groups is 2. The van der Waals surface area contributed by atoms with Crippen molar-refractivity contribution in [2.24, 2.45) is 9.98 Å². The first kappa shape index (κ1) is 26.4. The maximum atomic E-state index is 13.1. The summed E-state index contributed by atoms with van der Waals surface area (Å²) in [5.74, 6) is 1.34. The Balaban J connectivity index is 1.15. The van der Waals surface area contributed by atoms with Crippen molar-refractivity contribution in [3.63, 3.8) is 0 Å². The molecule has 3 aliphatic heterocycles. The van der Waals surface area contributed by atoms with Gasteiger partial charge in [0.05, 0.1) is 25.0 Å². The van der Waals surface area contributed by atoms with E-state index in [1.165, 1.54) is 11.8 Å². The van der Waals surface area contributed by atoms with Gasteiger partial charge in [-0.3, -0.25) is 19.3 Å². The van der Waals surface area contributed by atoms with E-state index in [-0.39, 0.29) is 37.3 Å². The van der Waals surface area contributed by atoms with Gasteiger partial charge in [0.25, 0.3) is 5.91 Å². The molecule has 6 rings (SSSR count). The van der Waals surface area contributed by atoms with E-state index in [9.17, 15) is 14.4 Å². The highest BCUT2D eigenvalue weighted by Crippen LogP contribution is 2.35. The van der Waals surface area contributed by atoms with Gasteiger partial charge in [-0.25, -0.2) is 4.99 Å². The molecule has 1 unspecified atom stereocenters. The Morgan fingerprint density at radius 1 is 1.02 bits per heavy atom. The predicted octanol–water partition coefficient (Wildman–Crippen LogP) is 3.46. The molecule has 208 valence electrons. The lowest BCUT2D eigenvalue weighted by Gasteiger charge is -2.30. The molecule has 41 heavy (non-hydrogen) atoms. The molecule has 0 bridgehead atoms. The van der Waals surface area contributed by atoms with Crippen LogP contribution in [-0.4, -0.2) is 59.3 Å². The predicted molar refractivity (Wildman–Crippen MR) is 154 cm³/mol. The zero-order chi connectivity index (χ0) is 28.3. The van der Waals surface area contributed by atoms with Crippen LogP contribution in [0.1, 0.15) is 17.5 Å². The molecule has 0 saturated heterocycles. The summed E-state index contributed by atoms with van der Waals surface area (Å²) < 4.78 is 15.9. The molecular formula is C29H25N5O6S. The molecule has 3 heterocycles. The van der Waals surface area contributed by atoms with Crippen molar-refractivity contribution >= 4 is 51.9 Å². The Hall–Kier alpha value is -4.84. The minimum absolute atomic E-state index is 0.0270. The molecule has 3 aromatic rings. The number of thioether (sulfide) groups is 1. The number of hydrogen-bond donors (Lipinski definition) is 2. The summed E-state index contributed by atoms with van der Waals surface area (Å²) in [4.78, 5) is 49.5. The highest BCUT2D eigenvalue weighted by Gasteiger charge is 2.42. The van der Waals surface area contributed by atoms with Crippen molar-refractivity contribution in [1.29, 1.82) is 0 Å². The van der Waals surface area contributed by atoms with Gasteiger partial charge in [0.2, 0.25) is 18.6 Å². The molecule has 0 aromatic heterocycles. The highest BCUT2D eigenvalue weighted by atomic mass is 32.2. The average Bonchev–Trinajstić information content (AvgIpc) is 3.59. The third-order valence-corrected chi connectivity index (χ3v) is 7.55. The SMILES string of the molecule is COc1cccc(NC(=O)CSC2=Nc3ccccc3C3=NC(=O)C(CC(=O)NCc4ccc5c(c4)OCO5)N23)c1. The molecule has 3 aliphatic rings. The third-order valence-electron chi connectivity index (χ3n) is 6.60. The van der Waals surface area contributed by atoms with Gasteiger partial charge >= 0.3 is 0 Å². The average molecular weight is 572 g/mol. The molecule has 11 nitrogen and oxygen atoms in total. The maximum Gasteiger partial charge on any atom is 0.271 e. The largest absolute Gasteiger partial charge is 0.497 e. The fraction of sp³-hybridized carbons (Fsp3) is 0.207. The summed E-state index contributed by atoms with van der Waals surface area (Å²) in [6.45, 7) is 0.424. The summed E-state index contributed by atoms with van der Waals surface area (Å²) in [6, 6.07) is 18.9. The molecule has 0 radical (unpaired) electrons. The molecule has 0 spiro atoms. The van der Waals surface area contributed by atoms with E-state index in [0.29, 0.717) is 45.2 Å². The van der Waals surface area contributed by atoms with Crippen LogP contribution in [0.4, 0.5) is 11.4 Å². The summed E-state index contributed by atoms with van der Waals surface area (Å²) >= 11 is 1.17. The number of ether oxygens (including phenoxy) is 3. The topological polar surface area (TPSA) is 131 Å². The number of anilines is 1. The number of nitrogens with one attached hydrogen (secondary N) is 2. The van der Waals surface area contributed by atoms with Crippen LogP contribution in [0, 0.1) is 0 Å².